The molecule has 2 N–H and O–H groups in total. The SMILES string of the molecule is O=C(N/N=C/c1cccs1)c1ccc(NC(=O)c2cccc(Cl)c2)cc1. The van der Waals surface area contributed by atoms with Crippen molar-refractivity contribution in [3.8, 4) is 0 Å². The van der Waals surface area contributed by atoms with Gasteiger partial charge in [0.05, 0.1) is 6.21 Å². The number of hydrogen-bond acceptors (Lipinski definition) is 4. The molecule has 0 spiro atoms. The van der Waals surface area contributed by atoms with E-state index in [0.717, 1.165) is 4.88 Å². The molecule has 2 aromatic carbocycles. The Bertz CT molecular complexity index is 938. The number of amides is 2. The van der Waals surface area contributed by atoms with E-state index in [2.05, 4.69) is 15.8 Å². The Hall–Kier alpha value is -2.96. The average molecular weight is 384 g/mol. The summed E-state index contributed by atoms with van der Waals surface area (Å²) in [6, 6.07) is 17.0. The zero-order valence-electron chi connectivity index (χ0n) is 13.5. The number of thiophene rings is 1. The Balaban J connectivity index is 1.59. The Kier molecular flexibility index (Phi) is 5.78. The van der Waals surface area contributed by atoms with Crippen molar-refractivity contribution in [3.63, 3.8) is 0 Å². The molecule has 0 saturated carbocycles. The lowest BCUT2D eigenvalue weighted by Crippen LogP contribution is -2.17. The number of nitrogens with zero attached hydrogens (tertiary/aromatic N) is 1. The van der Waals surface area contributed by atoms with Crippen LogP contribution in [0, 0.1) is 0 Å². The number of halogens is 1. The summed E-state index contributed by atoms with van der Waals surface area (Å²) >= 11 is 7.41. The smallest absolute Gasteiger partial charge is 0.271 e. The lowest BCUT2D eigenvalue weighted by atomic mass is 10.1. The molecule has 3 aromatic rings. The summed E-state index contributed by atoms with van der Waals surface area (Å²) in [6.07, 6.45) is 1.59. The first-order valence-corrected chi connectivity index (χ1v) is 8.91. The Morgan fingerprint density at radius 2 is 1.77 bits per heavy atom. The highest BCUT2D eigenvalue weighted by atomic mass is 35.5. The molecule has 0 aliphatic carbocycles. The molecule has 0 fully saturated rings. The number of benzene rings is 2. The van der Waals surface area contributed by atoms with Gasteiger partial charge in [-0.3, -0.25) is 9.59 Å². The number of anilines is 1. The molecular weight excluding hydrogens is 370 g/mol. The van der Waals surface area contributed by atoms with Crippen molar-refractivity contribution in [3.05, 3.63) is 87.1 Å². The molecule has 0 unspecified atom stereocenters. The number of hydrazone groups is 1. The Morgan fingerprint density at radius 1 is 0.962 bits per heavy atom. The molecule has 7 heteroatoms. The molecular formula is C19H14ClN3O2S. The van der Waals surface area contributed by atoms with Crippen LogP contribution >= 0.6 is 22.9 Å². The molecule has 26 heavy (non-hydrogen) atoms. The molecule has 0 saturated heterocycles. The van der Waals surface area contributed by atoms with Crippen molar-refractivity contribution in [2.45, 2.75) is 0 Å². The van der Waals surface area contributed by atoms with Gasteiger partial charge in [0.15, 0.2) is 0 Å². The summed E-state index contributed by atoms with van der Waals surface area (Å²) in [6.45, 7) is 0. The molecule has 1 aromatic heterocycles. The lowest BCUT2D eigenvalue weighted by molar-refractivity contribution is 0.0954. The van der Waals surface area contributed by atoms with Gasteiger partial charge in [-0.25, -0.2) is 5.43 Å². The van der Waals surface area contributed by atoms with Crippen LogP contribution in [0.5, 0.6) is 0 Å². The monoisotopic (exact) mass is 383 g/mol. The van der Waals surface area contributed by atoms with E-state index in [1.165, 1.54) is 11.3 Å². The van der Waals surface area contributed by atoms with E-state index in [0.29, 0.717) is 21.8 Å². The van der Waals surface area contributed by atoms with Crippen LogP contribution in [0.1, 0.15) is 25.6 Å². The maximum atomic E-state index is 12.2. The van der Waals surface area contributed by atoms with Crippen molar-refractivity contribution in [1.29, 1.82) is 0 Å². The van der Waals surface area contributed by atoms with Crippen LogP contribution in [0.25, 0.3) is 0 Å². The zero-order valence-corrected chi connectivity index (χ0v) is 15.1. The van der Waals surface area contributed by atoms with E-state index in [-0.39, 0.29) is 11.8 Å². The van der Waals surface area contributed by atoms with Crippen LogP contribution in [0.2, 0.25) is 5.02 Å². The molecule has 130 valence electrons. The van der Waals surface area contributed by atoms with Crippen molar-refractivity contribution in [2.24, 2.45) is 5.10 Å². The number of rotatable bonds is 5. The summed E-state index contributed by atoms with van der Waals surface area (Å²) in [5.74, 6) is -0.601. The van der Waals surface area contributed by atoms with E-state index in [1.807, 2.05) is 17.5 Å². The molecule has 0 aliphatic heterocycles. The third kappa shape index (κ3) is 4.78. The van der Waals surface area contributed by atoms with Crippen molar-refractivity contribution >= 4 is 46.7 Å². The molecule has 1 heterocycles. The van der Waals surface area contributed by atoms with Crippen molar-refractivity contribution < 1.29 is 9.59 Å². The van der Waals surface area contributed by atoms with E-state index in [4.69, 9.17) is 11.6 Å². The average Bonchev–Trinajstić information content (AvgIpc) is 3.15. The topological polar surface area (TPSA) is 70.6 Å². The summed E-state index contributed by atoms with van der Waals surface area (Å²) < 4.78 is 0. The fourth-order valence-electron chi connectivity index (χ4n) is 2.12. The van der Waals surface area contributed by atoms with Crippen LogP contribution in [0.15, 0.2) is 71.1 Å². The van der Waals surface area contributed by atoms with Gasteiger partial charge >= 0.3 is 0 Å². The van der Waals surface area contributed by atoms with Crippen LogP contribution in [0.3, 0.4) is 0 Å². The van der Waals surface area contributed by atoms with Gasteiger partial charge in [-0.05, 0) is 53.9 Å². The maximum absolute atomic E-state index is 12.2. The largest absolute Gasteiger partial charge is 0.322 e. The first-order valence-electron chi connectivity index (χ1n) is 7.66. The van der Waals surface area contributed by atoms with Gasteiger partial charge in [0.2, 0.25) is 0 Å². The Labute approximate surface area is 159 Å². The molecule has 5 nitrogen and oxygen atoms in total. The third-order valence-corrected chi connectivity index (χ3v) is 4.43. The first-order chi connectivity index (χ1) is 12.6. The molecule has 0 bridgehead atoms. The fraction of sp³-hybridized carbons (Fsp3) is 0. The second kappa shape index (κ2) is 8.42. The quantitative estimate of drug-likeness (QED) is 0.505. The van der Waals surface area contributed by atoms with Gasteiger partial charge in [0.25, 0.3) is 11.8 Å². The van der Waals surface area contributed by atoms with E-state index < -0.39 is 0 Å². The van der Waals surface area contributed by atoms with Gasteiger partial charge in [-0.2, -0.15) is 5.10 Å². The zero-order chi connectivity index (χ0) is 18.4. The van der Waals surface area contributed by atoms with E-state index >= 15 is 0 Å². The fourth-order valence-corrected chi connectivity index (χ4v) is 2.90. The Morgan fingerprint density at radius 3 is 2.46 bits per heavy atom. The van der Waals surface area contributed by atoms with E-state index in [1.54, 1.807) is 54.7 Å². The second-order valence-corrected chi connectivity index (χ2v) is 6.67. The molecule has 2 amide bonds. The highest BCUT2D eigenvalue weighted by Crippen LogP contribution is 2.14. The normalized spacial score (nSPS) is 10.7. The molecule has 3 rings (SSSR count). The van der Waals surface area contributed by atoms with Gasteiger partial charge in [0, 0.05) is 26.7 Å². The van der Waals surface area contributed by atoms with Gasteiger partial charge in [-0.15, -0.1) is 11.3 Å². The second-order valence-electron chi connectivity index (χ2n) is 5.26. The third-order valence-electron chi connectivity index (χ3n) is 3.39. The maximum Gasteiger partial charge on any atom is 0.271 e. The van der Waals surface area contributed by atoms with Crippen molar-refractivity contribution in [2.75, 3.05) is 5.32 Å². The lowest BCUT2D eigenvalue weighted by Gasteiger charge is -2.06. The number of hydrogen-bond donors (Lipinski definition) is 2. The standard InChI is InChI=1S/C19H14ClN3O2S/c20-15-4-1-3-14(11-15)18(24)22-16-8-6-13(7-9-16)19(25)23-21-12-17-5-2-10-26-17/h1-12H,(H,22,24)(H,23,25)/b21-12+. The minimum atomic E-state index is -0.328. The summed E-state index contributed by atoms with van der Waals surface area (Å²) in [4.78, 5) is 25.2. The number of carbonyl (C=O) groups is 2. The van der Waals surface area contributed by atoms with E-state index in [9.17, 15) is 9.59 Å². The summed E-state index contributed by atoms with van der Waals surface area (Å²) in [5, 5.41) is 9.09. The minimum Gasteiger partial charge on any atom is -0.322 e. The molecule has 0 atom stereocenters. The van der Waals surface area contributed by atoms with Crippen molar-refractivity contribution in [1.82, 2.24) is 5.43 Å². The number of nitrogens with one attached hydrogen (secondary N) is 2. The summed E-state index contributed by atoms with van der Waals surface area (Å²) in [5.41, 5.74) is 3.94. The van der Waals surface area contributed by atoms with Crippen LogP contribution in [-0.2, 0) is 0 Å². The number of carbonyl (C=O) groups excluding carboxylic acids is 2. The predicted molar refractivity (Wildman–Crippen MR) is 105 cm³/mol. The van der Waals surface area contributed by atoms with Crippen LogP contribution in [-0.4, -0.2) is 18.0 Å². The van der Waals surface area contributed by atoms with Gasteiger partial charge in [-0.1, -0.05) is 23.7 Å². The first kappa shape index (κ1) is 17.8. The summed E-state index contributed by atoms with van der Waals surface area (Å²) in [7, 11) is 0. The highest BCUT2D eigenvalue weighted by Gasteiger charge is 2.08. The molecule has 0 radical (unpaired) electrons. The predicted octanol–water partition coefficient (Wildman–Crippen LogP) is 4.42. The minimum absolute atomic E-state index is 0.273. The molecule has 0 aliphatic rings. The highest BCUT2D eigenvalue weighted by molar-refractivity contribution is 7.11. The van der Waals surface area contributed by atoms with Crippen LogP contribution in [0.4, 0.5) is 5.69 Å². The van der Waals surface area contributed by atoms with Gasteiger partial charge in [0.1, 0.15) is 0 Å². The van der Waals surface area contributed by atoms with Crippen LogP contribution < -0.4 is 10.7 Å². The van der Waals surface area contributed by atoms with Gasteiger partial charge < -0.3 is 5.32 Å².